The number of allylic oxidation sites excluding steroid dienone is 1. The number of hydrogen-bond donors (Lipinski definition) is 1. The van der Waals surface area contributed by atoms with E-state index in [2.05, 4.69) is 0 Å². The van der Waals surface area contributed by atoms with Crippen LogP contribution in [0.1, 0.15) is 12.0 Å². The van der Waals surface area contributed by atoms with Gasteiger partial charge in [-0.1, -0.05) is 42.5 Å². The maximum Gasteiger partial charge on any atom is 0.266 e. The Hall–Kier alpha value is -1.72. The Morgan fingerprint density at radius 3 is 2.81 bits per heavy atom. The van der Waals surface area contributed by atoms with Gasteiger partial charge in [-0.15, -0.1) is 0 Å². The molecule has 1 aromatic carbocycles. The van der Waals surface area contributed by atoms with E-state index in [0.29, 0.717) is 19.4 Å². The zero-order valence-corrected chi connectivity index (χ0v) is 12.3. The van der Waals surface area contributed by atoms with Gasteiger partial charge < -0.3 is 9.84 Å². The van der Waals surface area contributed by atoms with Crippen molar-refractivity contribution >= 4 is 23.3 Å². The zero-order valence-electron chi connectivity index (χ0n) is 11.5. The smallest absolute Gasteiger partial charge is 0.266 e. The molecule has 1 fully saturated rings. The lowest BCUT2D eigenvalue weighted by atomic mass is 10.0. The monoisotopic (exact) mass is 303 g/mol. The average Bonchev–Trinajstić information content (AvgIpc) is 3.06. The van der Waals surface area contributed by atoms with Gasteiger partial charge in [0.15, 0.2) is 0 Å². The Kier molecular flexibility index (Phi) is 4.03. The van der Waals surface area contributed by atoms with E-state index < -0.39 is 12.0 Å². The summed E-state index contributed by atoms with van der Waals surface area (Å²) in [4.78, 5) is 14.2. The molecule has 21 heavy (non-hydrogen) atoms. The minimum Gasteiger partial charge on any atom is -0.468 e. The third kappa shape index (κ3) is 2.84. The molecule has 1 aliphatic heterocycles. The molecule has 0 radical (unpaired) electrons. The fourth-order valence-electron chi connectivity index (χ4n) is 2.83. The van der Waals surface area contributed by atoms with Crippen molar-refractivity contribution in [2.75, 3.05) is 6.61 Å². The fourth-order valence-corrected chi connectivity index (χ4v) is 3.14. The van der Waals surface area contributed by atoms with Gasteiger partial charge in [-0.3, -0.25) is 9.69 Å². The molecule has 0 unspecified atom stereocenters. The highest BCUT2D eigenvalue weighted by Gasteiger charge is 2.40. The van der Waals surface area contributed by atoms with Crippen molar-refractivity contribution in [3.63, 3.8) is 0 Å². The van der Waals surface area contributed by atoms with Gasteiger partial charge in [0, 0.05) is 0 Å². The molecule has 0 aromatic heterocycles. The highest BCUT2D eigenvalue weighted by Crippen LogP contribution is 2.26. The van der Waals surface area contributed by atoms with Crippen LogP contribution in [0.25, 0.3) is 0 Å². The van der Waals surface area contributed by atoms with Crippen molar-refractivity contribution in [1.29, 1.82) is 0 Å². The second-order valence-corrected chi connectivity index (χ2v) is 5.74. The number of aliphatic hydroxyl groups is 1. The fraction of sp³-hybridized carbons (Fsp3) is 0.375. The maximum absolute atomic E-state index is 12.6. The van der Waals surface area contributed by atoms with Crippen LogP contribution < -0.4 is 0 Å². The van der Waals surface area contributed by atoms with Crippen molar-refractivity contribution in [3.8, 4) is 0 Å². The second-order valence-electron chi connectivity index (χ2n) is 5.39. The summed E-state index contributed by atoms with van der Waals surface area (Å²) in [5.74, 6) is -0.584. The van der Waals surface area contributed by atoms with Crippen LogP contribution in [0.3, 0.4) is 0 Å². The predicted molar refractivity (Wildman–Crippen MR) is 82.6 cm³/mol. The number of nitrogens with zero attached hydrogens (tertiary/aromatic N) is 1. The molecule has 0 bridgehead atoms. The third-order valence-electron chi connectivity index (χ3n) is 3.97. The molecule has 1 aromatic rings. The van der Waals surface area contributed by atoms with Crippen molar-refractivity contribution in [2.24, 2.45) is 5.92 Å². The standard InChI is InChI=1S/C16H17NO3S/c18-14-8-4-7-13(14)15(19)17-12(10-20-16(17)21)9-11-5-2-1-3-6-11/h1-6,8,12-14,18H,7,9-10H2/t12-,13-,14+/m0/s1. The summed E-state index contributed by atoms with van der Waals surface area (Å²) in [7, 11) is 0. The number of amides is 1. The quantitative estimate of drug-likeness (QED) is 0.682. The van der Waals surface area contributed by atoms with Crippen LogP contribution in [0.4, 0.5) is 0 Å². The Labute approximate surface area is 129 Å². The van der Waals surface area contributed by atoms with Gasteiger partial charge in [-0.2, -0.15) is 0 Å². The first-order valence-electron chi connectivity index (χ1n) is 7.05. The van der Waals surface area contributed by atoms with Crippen molar-refractivity contribution in [1.82, 2.24) is 4.90 Å². The molecule has 1 N–H and O–H groups in total. The molecule has 5 heteroatoms. The number of thiocarbonyl (C=S) groups is 1. The lowest BCUT2D eigenvalue weighted by Gasteiger charge is -2.25. The Balaban J connectivity index is 1.75. The van der Waals surface area contributed by atoms with Crippen molar-refractivity contribution < 1.29 is 14.6 Å². The highest BCUT2D eigenvalue weighted by atomic mass is 32.1. The molecular formula is C16H17NO3S. The van der Waals surface area contributed by atoms with E-state index in [1.54, 1.807) is 11.0 Å². The van der Waals surface area contributed by atoms with E-state index in [1.807, 2.05) is 36.4 Å². The minimum absolute atomic E-state index is 0.0970. The first-order chi connectivity index (χ1) is 10.2. The zero-order chi connectivity index (χ0) is 14.8. The molecule has 3 atom stereocenters. The SMILES string of the molecule is O=C([C@H]1CC=C[C@H]1O)N1C(=S)OC[C@@H]1Cc1ccccc1. The first-order valence-corrected chi connectivity index (χ1v) is 7.46. The Bertz CT molecular complexity index is 572. The molecule has 1 heterocycles. The molecule has 2 aliphatic rings. The van der Waals surface area contributed by atoms with E-state index >= 15 is 0 Å². The minimum atomic E-state index is -0.724. The van der Waals surface area contributed by atoms with E-state index in [0.717, 1.165) is 5.56 Å². The summed E-state index contributed by atoms with van der Waals surface area (Å²) < 4.78 is 5.40. The maximum atomic E-state index is 12.6. The predicted octanol–water partition coefficient (Wildman–Crippen LogP) is 1.68. The van der Waals surface area contributed by atoms with Crippen LogP contribution in [0, 0.1) is 5.92 Å². The van der Waals surface area contributed by atoms with Crippen LogP contribution in [0.5, 0.6) is 0 Å². The average molecular weight is 303 g/mol. The summed E-state index contributed by atoms with van der Waals surface area (Å²) in [6, 6.07) is 9.86. The Morgan fingerprint density at radius 1 is 1.38 bits per heavy atom. The molecular weight excluding hydrogens is 286 g/mol. The molecule has 1 aliphatic carbocycles. The molecule has 1 saturated heterocycles. The lowest BCUT2D eigenvalue weighted by Crippen LogP contribution is -2.45. The van der Waals surface area contributed by atoms with Gasteiger partial charge in [0.1, 0.15) is 6.61 Å². The molecule has 0 spiro atoms. The van der Waals surface area contributed by atoms with Crippen LogP contribution in [0.15, 0.2) is 42.5 Å². The number of carbonyl (C=O) groups is 1. The van der Waals surface area contributed by atoms with Gasteiger partial charge in [-0.05, 0) is 30.6 Å². The van der Waals surface area contributed by atoms with E-state index in [9.17, 15) is 9.90 Å². The van der Waals surface area contributed by atoms with Crippen molar-refractivity contribution in [3.05, 3.63) is 48.0 Å². The van der Waals surface area contributed by atoms with Gasteiger partial charge in [-0.25, -0.2) is 0 Å². The van der Waals surface area contributed by atoms with Crippen LogP contribution in [-0.2, 0) is 16.0 Å². The van der Waals surface area contributed by atoms with Gasteiger partial charge in [0.2, 0.25) is 5.91 Å². The highest BCUT2D eigenvalue weighted by molar-refractivity contribution is 7.80. The largest absolute Gasteiger partial charge is 0.468 e. The van der Waals surface area contributed by atoms with E-state index in [-0.39, 0.29) is 17.1 Å². The number of carbonyl (C=O) groups excluding carboxylic acids is 1. The topological polar surface area (TPSA) is 49.8 Å². The summed E-state index contributed by atoms with van der Waals surface area (Å²) in [6.45, 7) is 0.412. The summed E-state index contributed by atoms with van der Waals surface area (Å²) >= 11 is 5.16. The van der Waals surface area contributed by atoms with Gasteiger partial charge in [0.25, 0.3) is 5.17 Å². The van der Waals surface area contributed by atoms with Gasteiger partial charge in [0.05, 0.1) is 18.1 Å². The third-order valence-corrected chi connectivity index (χ3v) is 4.28. The van der Waals surface area contributed by atoms with E-state index in [4.69, 9.17) is 17.0 Å². The number of aliphatic hydroxyl groups excluding tert-OH is 1. The lowest BCUT2D eigenvalue weighted by molar-refractivity contribution is -0.134. The number of rotatable bonds is 3. The molecule has 3 rings (SSSR count). The summed E-state index contributed by atoms with van der Waals surface area (Å²) in [5.41, 5.74) is 1.14. The molecule has 0 saturated carbocycles. The number of benzene rings is 1. The van der Waals surface area contributed by atoms with Crippen LogP contribution in [0.2, 0.25) is 0 Å². The van der Waals surface area contributed by atoms with Gasteiger partial charge >= 0.3 is 0 Å². The van der Waals surface area contributed by atoms with Crippen molar-refractivity contribution in [2.45, 2.75) is 25.0 Å². The second kappa shape index (κ2) is 5.95. The first kappa shape index (κ1) is 14.2. The van der Waals surface area contributed by atoms with Crippen LogP contribution >= 0.6 is 12.2 Å². The Morgan fingerprint density at radius 2 is 2.14 bits per heavy atom. The summed E-state index contributed by atoms with van der Waals surface area (Å²) in [5, 5.41) is 10.1. The normalized spacial score (nSPS) is 28.0. The van der Waals surface area contributed by atoms with Crippen LogP contribution in [-0.4, -0.2) is 39.8 Å². The molecule has 4 nitrogen and oxygen atoms in total. The summed E-state index contributed by atoms with van der Waals surface area (Å²) in [6.07, 6.45) is 4.02. The van der Waals surface area contributed by atoms with E-state index in [1.165, 1.54) is 0 Å². The number of ether oxygens (including phenoxy) is 1. The number of hydrogen-bond acceptors (Lipinski definition) is 4. The molecule has 1 amide bonds. The molecule has 110 valence electrons.